The summed E-state index contributed by atoms with van der Waals surface area (Å²) in [6.45, 7) is 0. The number of anilines is 1. The van der Waals surface area contributed by atoms with Crippen molar-refractivity contribution in [1.29, 1.82) is 0 Å². The summed E-state index contributed by atoms with van der Waals surface area (Å²) in [7, 11) is 0. The number of rotatable bonds is 3. The Hall–Kier alpha value is -1.69. The SMILES string of the molecule is O=C(O)[C@@H]1CC[C@H](Nc2ncnc3sccc23)C1. The van der Waals surface area contributed by atoms with Crippen molar-refractivity contribution in [3.05, 3.63) is 17.8 Å². The second-order valence-corrected chi connectivity index (χ2v) is 5.45. The molecule has 1 aliphatic rings. The van der Waals surface area contributed by atoms with E-state index in [0.29, 0.717) is 6.42 Å². The second-order valence-electron chi connectivity index (χ2n) is 4.55. The van der Waals surface area contributed by atoms with Crippen molar-refractivity contribution in [2.24, 2.45) is 5.92 Å². The molecule has 0 amide bonds. The monoisotopic (exact) mass is 263 g/mol. The number of hydrogen-bond donors (Lipinski definition) is 2. The van der Waals surface area contributed by atoms with Crippen LogP contribution in [0.5, 0.6) is 0 Å². The second kappa shape index (κ2) is 4.53. The lowest BCUT2D eigenvalue weighted by molar-refractivity contribution is -0.141. The van der Waals surface area contributed by atoms with Crippen LogP contribution in [0.15, 0.2) is 17.8 Å². The van der Waals surface area contributed by atoms with Crippen molar-refractivity contribution in [2.75, 3.05) is 5.32 Å². The van der Waals surface area contributed by atoms with Crippen molar-refractivity contribution in [1.82, 2.24) is 9.97 Å². The summed E-state index contributed by atoms with van der Waals surface area (Å²) in [4.78, 5) is 20.3. The lowest BCUT2D eigenvalue weighted by atomic mass is 10.1. The quantitative estimate of drug-likeness (QED) is 0.889. The van der Waals surface area contributed by atoms with Crippen LogP contribution in [0.4, 0.5) is 5.82 Å². The molecule has 1 aliphatic carbocycles. The first-order valence-corrected chi connectivity index (χ1v) is 6.79. The van der Waals surface area contributed by atoms with Crippen LogP contribution in [0, 0.1) is 5.92 Å². The third-order valence-corrected chi connectivity index (χ3v) is 4.21. The van der Waals surface area contributed by atoms with Gasteiger partial charge in [-0.15, -0.1) is 11.3 Å². The highest BCUT2D eigenvalue weighted by molar-refractivity contribution is 7.16. The average molecular weight is 263 g/mol. The number of nitrogens with zero attached hydrogens (tertiary/aromatic N) is 2. The molecule has 1 saturated carbocycles. The van der Waals surface area contributed by atoms with Gasteiger partial charge >= 0.3 is 5.97 Å². The Morgan fingerprint density at radius 3 is 3.11 bits per heavy atom. The van der Waals surface area contributed by atoms with E-state index in [1.54, 1.807) is 17.7 Å². The van der Waals surface area contributed by atoms with E-state index in [9.17, 15) is 4.79 Å². The number of carboxylic acid groups (broad SMARTS) is 1. The van der Waals surface area contributed by atoms with E-state index in [1.807, 2.05) is 11.4 Å². The molecule has 2 heterocycles. The van der Waals surface area contributed by atoms with Gasteiger partial charge in [-0.25, -0.2) is 9.97 Å². The molecule has 5 nitrogen and oxygen atoms in total. The minimum Gasteiger partial charge on any atom is -0.481 e. The fourth-order valence-electron chi connectivity index (χ4n) is 2.44. The summed E-state index contributed by atoms with van der Waals surface area (Å²) >= 11 is 1.58. The lowest BCUT2D eigenvalue weighted by Gasteiger charge is -2.13. The van der Waals surface area contributed by atoms with Gasteiger partial charge in [0, 0.05) is 6.04 Å². The van der Waals surface area contributed by atoms with Crippen molar-refractivity contribution in [2.45, 2.75) is 25.3 Å². The maximum Gasteiger partial charge on any atom is 0.306 e. The fourth-order valence-corrected chi connectivity index (χ4v) is 3.17. The van der Waals surface area contributed by atoms with Crippen LogP contribution in [0.2, 0.25) is 0 Å². The predicted molar refractivity (Wildman–Crippen MR) is 69.8 cm³/mol. The van der Waals surface area contributed by atoms with E-state index < -0.39 is 5.97 Å². The van der Waals surface area contributed by atoms with Crippen LogP contribution < -0.4 is 5.32 Å². The third-order valence-electron chi connectivity index (χ3n) is 3.38. The molecule has 1 fully saturated rings. The summed E-state index contributed by atoms with van der Waals surface area (Å²) in [5.41, 5.74) is 0. The number of nitrogens with one attached hydrogen (secondary N) is 1. The Labute approximate surface area is 108 Å². The van der Waals surface area contributed by atoms with Gasteiger partial charge in [-0.05, 0) is 30.7 Å². The van der Waals surface area contributed by atoms with E-state index >= 15 is 0 Å². The minimum absolute atomic E-state index is 0.198. The summed E-state index contributed by atoms with van der Waals surface area (Å²) in [5.74, 6) is -0.0951. The molecule has 2 aromatic rings. The Bertz CT molecular complexity index is 583. The van der Waals surface area contributed by atoms with Crippen LogP contribution in [-0.2, 0) is 4.79 Å². The van der Waals surface area contributed by atoms with E-state index in [0.717, 1.165) is 28.9 Å². The molecule has 0 aromatic carbocycles. The molecule has 0 spiro atoms. The van der Waals surface area contributed by atoms with Gasteiger partial charge in [-0.2, -0.15) is 0 Å². The Balaban J connectivity index is 1.77. The summed E-state index contributed by atoms with van der Waals surface area (Å²) in [6, 6.07) is 2.19. The predicted octanol–water partition coefficient (Wildman–Crippen LogP) is 2.36. The summed E-state index contributed by atoms with van der Waals surface area (Å²) in [6.07, 6.45) is 3.84. The first-order valence-electron chi connectivity index (χ1n) is 5.91. The van der Waals surface area contributed by atoms with Crippen LogP contribution >= 0.6 is 11.3 Å². The molecule has 2 atom stereocenters. The van der Waals surface area contributed by atoms with Gasteiger partial charge in [0.05, 0.1) is 11.3 Å². The molecule has 0 saturated heterocycles. The van der Waals surface area contributed by atoms with Gasteiger partial charge in [0.2, 0.25) is 0 Å². The number of hydrogen-bond acceptors (Lipinski definition) is 5. The van der Waals surface area contributed by atoms with Gasteiger partial charge in [0.1, 0.15) is 17.0 Å². The summed E-state index contributed by atoms with van der Waals surface area (Å²) < 4.78 is 0. The lowest BCUT2D eigenvalue weighted by Crippen LogP contribution is -2.18. The van der Waals surface area contributed by atoms with Crippen molar-refractivity contribution in [3.8, 4) is 0 Å². The average Bonchev–Trinajstić information content (AvgIpc) is 2.97. The van der Waals surface area contributed by atoms with Crippen LogP contribution in [0.3, 0.4) is 0 Å². The molecule has 18 heavy (non-hydrogen) atoms. The van der Waals surface area contributed by atoms with Gasteiger partial charge in [0.25, 0.3) is 0 Å². The number of carboxylic acids is 1. The molecule has 2 aromatic heterocycles. The molecular formula is C12H13N3O2S. The summed E-state index contributed by atoms with van der Waals surface area (Å²) in [5, 5.41) is 15.3. The number of fused-ring (bicyclic) bond motifs is 1. The smallest absolute Gasteiger partial charge is 0.306 e. The van der Waals surface area contributed by atoms with Gasteiger partial charge in [0.15, 0.2) is 0 Å². The van der Waals surface area contributed by atoms with E-state index in [2.05, 4.69) is 15.3 Å². The molecule has 0 bridgehead atoms. The topological polar surface area (TPSA) is 75.1 Å². The van der Waals surface area contributed by atoms with E-state index in [4.69, 9.17) is 5.11 Å². The Morgan fingerprint density at radius 1 is 1.44 bits per heavy atom. The first-order chi connectivity index (χ1) is 8.74. The normalized spacial score (nSPS) is 23.3. The third kappa shape index (κ3) is 2.03. The van der Waals surface area contributed by atoms with E-state index in [-0.39, 0.29) is 12.0 Å². The van der Waals surface area contributed by atoms with Crippen molar-refractivity contribution < 1.29 is 9.90 Å². The van der Waals surface area contributed by atoms with Crippen LogP contribution in [0.25, 0.3) is 10.2 Å². The van der Waals surface area contributed by atoms with Crippen molar-refractivity contribution in [3.63, 3.8) is 0 Å². The van der Waals surface area contributed by atoms with Crippen molar-refractivity contribution >= 4 is 33.3 Å². The molecule has 94 valence electrons. The Kier molecular flexibility index (Phi) is 2.87. The number of carbonyl (C=O) groups is 1. The highest BCUT2D eigenvalue weighted by atomic mass is 32.1. The Morgan fingerprint density at radius 2 is 2.33 bits per heavy atom. The minimum atomic E-state index is -0.692. The maximum atomic E-state index is 10.9. The van der Waals surface area contributed by atoms with Gasteiger partial charge < -0.3 is 10.4 Å². The molecule has 3 rings (SSSR count). The van der Waals surface area contributed by atoms with Gasteiger partial charge in [-0.1, -0.05) is 0 Å². The molecule has 0 aliphatic heterocycles. The number of aromatic nitrogens is 2. The molecular weight excluding hydrogens is 250 g/mol. The zero-order chi connectivity index (χ0) is 12.5. The highest BCUT2D eigenvalue weighted by Crippen LogP contribution is 2.30. The molecule has 0 radical (unpaired) electrons. The van der Waals surface area contributed by atoms with Crippen LogP contribution in [0.1, 0.15) is 19.3 Å². The highest BCUT2D eigenvalue weighted by Gasteiger charge is 2.30. The standard InChI is InChI=1S/C12H13N3O2S/c16-12(17)7-1-2-8(5-7)15-10-9-3-4-18-11(9)14-6-13-10/h3-4,6-8H,1-2,5H2,(H,16,17)(H,13,14,15)/t7-,8+/m1/s1. The zero-order valence-corrected chi connectivity index (χ0v) is 10.5. The maximum absolute atomic E-state index is 10.9. The fraction of sp³-hybridized carbons (Fsp3) is 0.417. The molecule has 2 N–H and O–H groups in total. The molecule has 6 heteroatoms. The van der Waals surface area contributed by atoms with Gasteiger partial charge in [-0.3, -0.25) is 4.79 Å². The number of aliphatic carboxylic acids is 1. The van der Waals surface area contributed by atoms with E-state index in [1.165, 1.54) is 0 Å². The molecule has 0 unspecified atom stereocenters. The first kappa shape index (κ1) is 11.4. The number of thiophene rings is 1. The largest absolute Gasteiger partial charge is 0.481 e. The van der Waals surface area contributed by atoms with Crippen LogP contribution in [-0.4, -0.2) is 27.1 Å². The zero-order valence-electron chi connectivity index (χ0n) is 9.67.